The molecule has 1 amide bonds. The van der Waals surface area contributed by atoms with E-state index in [1.54, 1.807) is 6.08 Å². The number of nitrogens with one attached hydrogen (secondary N) is 1. The molecule has 0 aliphatic carbocycles. The maximum absolute atomic E-state index is 12.9. The lowest BCUT2D eigenvalue weighted by Gasteiger charge is -2.29. The van der Waals surface area contributed by atoms with Crippen LogP contribution in [0.1, 0.15) is 226 Å². The van der Waals surface area contributed by atoms with E-state index in [-0.39, 0.29) is 12.5 Å². The predicted molar refractivity (Wildman–Crippen MR) is 251 cm³/mol. The summed E-state index contributed by atoms with van der Waals surface area (Å²) in [6.45, 7) is 4.63. The second kappa shape index (κ2) is 42.0. The summed E-state index contributed by atoms with van der Waals surface area (Å²) < 4.78 is 23.2. The molecule has 0 aromatic carbocycles. The number of aliphatic hydroxyl groups excluding tert-OH is 1. The van der Waals surface area contributed by atoms with Crippen LogP contribution in [0.4, 0.5) is 0 Å². The molecule has 0 saturated carbocycles. The number of carbonyl (C=O) groups excluding carboxylic acids is 1. The zero-order chi connectivity index (χ0) is 43.6. The van der Waals surface area contributed by atoms with Gasteiger partial charge in [0.25, 0.3) is 7.82 Å². The number of unbranched alkanes of at least 4 members (excludes halogenated alkanes) is 28. The summed E-state index contributed by atoms with van der Waals surface area (Å²) in [6.07, 6.45) is 52.0. The third-order valence-corrected chi connectivity index (χ3v) is 12.0. The number of nitrogens with zero attached hydrogens (tertiary/aromatic N) is 1. The summed E-state index contributed by atoms with van der Waals surface area (Å²) in [4.78, 5) is 25.3. The molecule has 0 spiro atoms. The first-order valence-electron chi connectivity index (χ1n) is 24.9. The lowest BCUT2D eigenvalue weighted by atomic mass is 10.0. The molecule has 8 nitrogen and oxygen atoms in total. The molecule has 0 fully saturated rings. The highest BCUT2D eigenvalue weighted by molar-refractivity contribution is 7.45. The minimum absolute atomic E-state index is 0.00703. The van der Waals surface area contributed by atoms with Crippen LogP contribution in [0.15, 0.2) is 36.5 Å². The van der Waals surface area contributed by atoms with Gasteiger partial charge in [0.05, 0.1) is 39.9 Å². The average molecular weight is 853 g/mol. The molecule has 0 rings (SSSR count). The van der Waals surface area contributed by atoms with E-state index in [1.807, 2.05) is 27.2 Å². The predicted octanol–water partition coefficient (Wildman–Crippen LogP) is 13.6. The van der Waals surface area contributed by atoms with Gasteiger partial charge in [-0.15, -0.1) is 0 Å². The number of carbonyl (C=O) groups is 1. The molecule has 0 aliphatic heterocycles. The summed E-state index contributed by atoms with van der Waals surface area (Å²) in [5, 5.41) is 13.8. The Labute approximate surface area is 366 Å². The number of likely N-dealkylation sites (N-methyl/N-ethyl adjacent to an activating group) is 1. The SMILES string of the molecule is CCCCCCCCCC/C=C/CC/C=C/C(O)C(COP(=O)([O-])OCC[N+](C)(C)C)NC(=O)CCCCCCCCC/C=C\CCCCCCCCCCCCCC. The van der Waals surface area contributed by atoms with Crippen LogP contribution in [0.2, 0.25) is 0 Å². The topological polar surface area (TPSA) is 108 Å². The van der Waals surface area contributed by atoms with Crippen LogP contribution < -0.4 is 10.2 Å². The second-order valence-corrected chi connectivity index (χ2v) is 19.6. The highest BCUT2D eigenvalue weighted by atomic mass is 31.2. The number of amides is 1. The lowest BCUT2D eigenvalue weighted by Crippen LogP contribution is -2.45. The molecular formula is C50H97N2O6P. The Bertz CT molecular complexity index is 1060. The molecule has 0 aromatic heterocycles. The Morgan fingerprint density at radius 3 is 1.37 bits per heavy atom. The fourth-order valence-corrected chi connectivity index (χ4v) is 7.83. The van der Waals surface area contributed by atoms with Crippen molar-refractivity contribution in [2.24, 2.45) is 0 Å². The van der Waals surface area contributed by atoms with Crippen LogP contribution in [-0.4, -0.2) is 68.5 Å². The van der Waals surface area contributed by atoms with E-state index in [0.29, 0.717) is 17.4 Å². The molecule has 9 heteroatoms. The van der Waals surface area contributed by atoms with Crippen LogP contribution in [-0.2, 0) is 18.4 Å². The zero-order valence-electron chi connectivity index (χ0n) is 39.5. The average Bonchev–Trinajstić information content (AvgIpc) is 3.19. The third-order valence-electron chi connectivity index (χ3n) is 11.1. The van der Waals surface area contributed by atoms with Crippen molar-refractivity contribution >= 4 is 13.7 Å². The number of hydrogen-bond acceptors (Lipinski definition) is 6. The van der Waals surface area contributed by atoms with E-state index >= 15 is 0 Å². The van der Waals surface area contributed by atoms with Crippen LogP contribution >= 0.6 is 7.82 Å². The minimum Gasteiger partial charge on any atom is -0.756 e. The van der Waals surface area contributed by atoms with Crippen molar-refractivity contribution < 1.29 is 32.9 Å². The molecule has 0 saturated heterocycles. The second-order valence-electron chi connectivity index (χ2n) is 18.2. The third kappa shape index (κ3) is 44.6. The molecule has 0 aromatic rings. The van der Waals surface area contributed by atoms with Gasteiger partial charge in [-0.05, 0) is 57.8 Å². The van der Waals surface area contributed by atoms with E-state index in [9.17, 15) is 19.4 Å². The molecule has 2 N–H and O–H groups in total. The highest BCUT2D eigenvalue weighted by Gasteiger charge is 2.23. The number of hydrogen-bond donors (Lipinski definition) is 2. The maximum Gasteiger partial charge on any atom is 0.268 e. The van der Waals surface area contributed by atoms with Crippen molar-refractivity contribution in [2.45, 2.75) is 238 Å². The fourth-order valence-electron chi connectivity index (χ4n) is 7.10. The Morgan fingerprint density at radius 1 is 0.576 bits per heavy atom. The van der Waals surface area contributed by atoms with Crippen molar-refractivity contribution in [2.75, 3.05) is 40.9 Å². The first-order chi connectivity index (χ1) is 28.5. The van der Waals surface area contributed by atoms with E-state index in [1.165, 1.54) is 167 Å². The van der Waals surface area contributed by atoms with E-state index in [4.69, 9.17) is 9.05 Å². The summed E-state index contributed by atoms with van der Waals surface area (Å²) in [5.74, 6) is -0.211. The van der Waals surface area contributed by atoms with Gasteiger partial charge in [-0.25, -0.2) is 0 Å². The van der Waals surface area contributed by atoms with Gasteiger partial charge in [0.15, 0.2) is 0 Å². The number of phosphoric acid groups is 1. The molecule has 0 bridgehead atoms. The largest absolute Gasteiger partial charge is 0.756 e. The Morgan fingerprint density at radius 2 is 0.949 bits per heavy atom. The van der Waals surface area contributed by atoms with Crippen molar-refractivity contribution in [3.63, 3.8) is 0 Å². The summed E-state index contributed by atoms with van der Waals surface area (Å²) in [5.41, 5.74) is 0. The molecule has 59 heavy (non-hydrogen) atoms. The molecule has 0 heterocycles. The quantitative estimate of drug-likeness (QED) is 0.0273. The fraction of sp³-hybridized carbons (Fsp3) is 0.860. The Hall–Kier alpha value is -1.28. The summed E-state index contributed by atoms with van der Waals surface area (Å²) >= 11 is 0. The Kier molecular flexibility index (Phi) is 41.1. The molecule has 348 valence electrons. The molecule has 3 atom stereocenters. The Balaban J connectivity index is 4.30. The van der Waals surface area contributed by atoms with Crippen LogP contribution in [0.25, 0.3) is 0 Å². The maximum atomic E-state index is 12.9. The van der Waals surface area contributed by atoms with Gasteiger partial charge in [0, 0.05) is 6.42 Å². The smallest absolute Gasteiger partial charge is 0.268 e. The number of quaternary nitrogens is 1. The number of phosphoric ester groups is 1. The first-order valence-corrected chi connectivity index (χ1v) is 26.3. The highest BCUT2D eigenvalue weighted by Crippen LogP contribution is 2.38. The monoisotopic (exact) mass is 853 g/mol. The van der Waals surface area contributed by atoms with E-state index < -0.39 is 26.6 Å². The molecule has 3 unspecified atom stereocenters. The molecular weight excluding hydrogens is 756 g/mol. The summed E-state index contributed by atoms with van der Waals surface area (Å²) in [6, 6.07) is -0.904. The van der Waals surface area contributed by atoms with Crippen molar-refractivity contribution in [1.82, 2.24) is 5.32 Å². The van der Waals surface area contributed by atoms with E-state index in [2.05, 4.69) is 43.5 Å². The number of rotatable bonds is 45. The van der Waals surface area contributed by atoms with Gasteiger partial charge in [-0.3, -0.25) is 9.36 Å². The van der Waals surface area contributed by atoms with Crippen LogP contribution in [0, 0.1) is 0 Å². The van der Waals surface area contributed by atoms with Crippen LogP contribution in [0.5, 0.6) is 0 Å². The summed E-state index contributed by atoms with van der Waals surface area (Å²) in [7, 11) is 1.24. The lowest BCUT2D eigenvalue weighted by molar-refractivity contribution is -0.870. The molecule has 0 aliphatic rings. The number of aliphatic hydroxyl groups is 1. The van der Waals surface area contributed by atoms with Crippen LogP contribution in [0.3, 0.4) is 0 Å². The van der Waals surface area contributed by atoms with Gasteiger partial charge < -0.3 is 28.8 Å². The van der Waals surface area contributed by atoms with Gasteiger partial charge in [-0.2, -0.15) is 0 Å². The van der Waals surface area contributed by atoms with Gasteiger partial charge in [0.2, 0.25) is 5.91 Å². The zero-order valence-corrected chi connectivity index (χ0v) is 40.4. The van der Waals surface area contributed by atoms with Crippen molar-refractivity contribution in [3.05, 3.63) is 36.5 Å². The van der Waals surface area contributed by atoms with Gasteiger partial charge >= 0.3 is 0 Å². The van der Waals surface area contributed by atoms with Gasteiger partial charge in [-0.1, -0.05) is 198 Å². The van der Waals surface area contributed by atoms with Crippen molar-refractivity contribution in [3.8, 4) is 0 Å². The van der Waals surface area contributed by atoms with Gasteiger partial charge in [0.1, 0.15) is 13.2 Å². The van der Waals surface area contributed by atoms with Crippen molar-refractivity contribution in [1.29, 1.82) is 0 Å². The standard InChI is InChI=1S/C50H97N2O6P/c1-6-8-10-12-14-16-18-20-22-23-24-25-26-27-28-29-30-32-34-36-38-40-42-44-50(54)51-48(47-58-59(55,56)57-46-45-52(3,4)5)49(53)43-41-39-37-35-33-31-21-19-17-15-13-11-9-7-2/h27-28,33,35,41,43,48-49,53H,6-26,29-32,34,36-40,42,44-47H2,1-5H3,(H-,51,54,55,56)/b28-27-,35-33+,43-41+. The number of allylic oxidation sites excluding steroid dienone is 5. The first kappa shape index (κ1) is 57.7. The minimum atomic E-state index is -4.60. The normalized spacial score (nSPS) is 14.5. The van der Waals surface area contributed by atoms with E-state index in [0.717, 1.165) is 38.5 Å². The molecule has 0 radical (unpaired) electrons.